The molecule has 0 heterocycles. The molecule has 0 spiro atoms. The summed E-state index contributed by atoms with van der Waals surface area (Å²) in [5.74, 6) is 0.309. The molecular weight excluding hydrogens is 130 g/mol. The Kier molecular flexibility index (Phi) is 2.27. The molecule has 0 aromatic rings. The summed E-state index contributed by atoms with van der Waals surface area (Å²) in [5.41, 5.74) is 4.95. The van der Waals surface area contributed by atoms with E-state index in [1.54, 1.807) is 0 Å². The minimum Gasteiger partial charge on any atom is -0.393 e. The highest BCUT2D eigenvalue weighted by molar-refractivity contribution is 5.73. The third-order valence-corrected chi connectivity index (χ3v) is 2.01. The molecule has 3 nitrogen and oxygen atoms in total. The number of rotatable bonds is 3. The van der Waals surface area contributed by atoms with Gasteiger partial charge in [-0.2, -0.15) is 0 Å². The highest BCUT2D eigenvalue weighted by Crippen LogP contribution is 2.30. The van der Waals surface area contributed by atoms with E-state index in [9.17, 15) is 4.79 Å². The van der Waals surface area contributed by atoms with E-state index >= 15 is 0 Å². The van der Waals surface area contributed by atoms with Crippen LogP contribution in [0.25, 0.3) is 0 Å². The SMILES string of the molecule is NC(=O)CCC1CC(O)C1. The van der Waals surface area contributed by atoms with Crippen LogP contribution in [0.1, 0.15) is 25.7 Å². The fourth-order valence-corrected chi connectivity index (χ4v) is 1.28. The summed E-state index contributed by atoms with van der Waals surface area (Å²) in [6, 6.07) is 0. The van der Waals surface area contributed by atoms with Crippen LogP contribution in [0.4, 0.5) is 0 Å². The van der Waals surface area contributed by atoms with E-state index in [0.717, 1.165) is 19.3 Å². The number of carbonyl (C=O) groups is 1. The van der Waals surface area contributed by atoms with Crippen molar-refractivity contribution in [2.24, 2.45) is 11.7 Å². The average molecular weight is 143 g/mol. The van der Waals surface area contributed by atoms with Crippen LogP contribution in [0.2, 0.25) is 0 Å². The zero-order chi connectivity index (χ0) is 7.56. The lowest BCUT2D eigenvalue weighted by molar-refractivity contribution is -0.118. The van der Waals surface area contributed by atoms with E-state index in [1.165, 1.54) is 0 Å². The topological polar surface area (TPSA) is 63.3 Å². The van der Waals surface area contributed by atoms with E-state index in [1.807, 2.05) is 0 Å². The summed E-state index contributed by atoms with van der Waals surface area (Å²) in [6.07, 6.45) is 2.92. The molecule has 1 amide bonds. The van der Waals surface area contributed by atoms with Gasteiger partial charge in [0.2, 0.25) is 5.91 Å². The molecule has 1 aliphatic rings. The maximum Gasteiger partial charge on any atom is 0.217 e. The summed E-state index contributed by atoms with van der Waals surface area (Å²) < 4.78 is 0. The first-order chi connectivity index (χ1) is 4.68. The second kappa shape index (κ2) is 3.01. The van der Waals surface area contributed by atoms with E-state index < -0.39 is 0 Å². The largest absolute Gasteiger partial charge is 0.393 e. The van der Waals surface area contributed by atoms with Crippen LogP contribution in [0.3, 0.4) is 0 Å². The third-order valence-electron chi connectivity index (χ3n) is 2.01. The molecular formula is C7H13NO2. The molecule has 58 valence electrons. The predicted molar refractivity (Wildman–Crippen MR) is 37.2 cm³/mol. The molecule has 0 radical (unpaired) electrons. The first kappa shape index (κ1) is 7.54. The molecule has 1 rings (SSSR count). The first-order valence-electron chi connectivity index (χ1n) is 3.65. The van der Waals surface area contributed by atoms with E-state index in [4.69, 9.17) is 10.8 Å². The van der Waals surface area contributed by atoms with Gasteiger partial charge in [-0.3, -0.25) is 4.79 Å². The van der Waals surface area contributed by atoms with Crippen LogP contribution in [0.5, 0.6) is 0 Å². The number of aliphatic hydroxyl groups is 1. The molecule has 1 aliphatic carbocycles. The lowest BCUT2D eigenvalue weighted by atomic mass is 9.79. The Balaban J connectivity index is 2.00. The second-order valence-corrected chi connectivity index (χ2v) is 3.00. The molecule has 0 aromatic heterocycles. The zero-order valence-electron chi connectivity index (χ0n) is 5.92. The summed E-state index contributed by atoms with van der Waals surface area (Å²) in [6.45, 7) is 0. The Morgan fingerprint density at radius 3 is 2.60 bits per heavy atom. The fraction of sp³-hybridized carbons (Fsp3) is 0.857. The van der Waals surface area contributed by atoms with Crippen LogP contribution in [-0.4, -0.2) is 17.1 Å². The van der Waals surface area contributed by atoms with Crippen molar-refractivity contribution in [2.75, 3.05) is 0 Å². The monoisotopic (exact) mass is 143 g/mol. The van der Waals surface area contributed by atoms with Crippen molar-refractivity contribution in [1.29, 1.82) is 0 Å². The second-order valence-electron chi connectivity index (χ2n) is 3.00. The number of aliphatic hydroxyl groups excluding tert-OH is 1. The summed E-state index contributed by atoms with van der Waals surface area (Å²) >= 11 is 0. The maximum absolute atomic E-state index is 10.3. The third kappa shape index (κ3) is 1.99. The minimum absolute atomic E-state index is 0.113. The number of nitrogens with two attached hydrogens (primary N) is 1. The van der Waals surface area contributed by atoms with Crippen molar-refractivity contribution in [3.63, 3.8) is 0 Å². The number of amides is 1. The zero-order valence-corrected chi connectivity index (χ0v) is 5.92. The molecule has 0 saturated heterocycles. The van der Waals surface area contributed by atoms with Gasteiger partial charge in [0.1, 0.15) is 0 Å². The van der Waals surface area contributed by atoms with Crippen molar-refractivity contribution in [3.8, 4) is 0 Å². The Morgan fingerprint density at radius 2 is 2.20 bits per heavy atom. The van der Waals surface area contributed by atoms with Crippen molar-refractivity contribution in [3.05, 3.63) is 0 Å². The van der Waals surface area contributed by atoms with Crippen LogP contribution < -0.4 is 5.73 Å². The Labute approximate surface area is 60.2 Å². The Hall–Kier alpha value is -0.570. The molecule has 1 saturated carbocycles. The van der Waals surface area contributed by atoms with Gasteiger partial charge < -0.3 is 10.8 Å². The number of primary amides is 1. The van der Waals surface area contributed by atoms with E-state index in [2.05, 4.69) is 0 Å². The van der Waals surface area contributed by atoms with Gasteiger partial charge in [0.05, 0.1) is 6.10 Å². The van der Waals surface area contributed by atoms with Gasteiger partial charge in [0, 0.05) is 6.42 Å². The molecule has 0 bridgehead atoms. The molecule has 0 aliphatic heterocycles. The van der Waals surface area contributed by atoms with Crippen LogP contribution in [0.15, 0.2) is 0 Å². The number of hydrogen-bond acceptors (Lipinski definition) is 2. The Morgan fingerprint density at radius 1 is 1.60 bits per heavy atom. The quantitative estimate of drug-likeness (QED) is 0.585. The highest BCUT2D eigenvalue weighted by Gasteiger charge is 2.26. The minimum atomic E-state index is -0.235. The van der Waals surface area contributed by atoms with E-state index in [-0.39, 0.29) is 12.0 Å². The summed E-state index contributed by atoms with van der Waals surface area (Å²) in [4.78, 5) is 10.3. The predicted octanol–water partition coefficient (Wildman–Crippen LogP) is 0.0228. The molecule has 3 heteroatoms. The van der Waals surface area contributed by atoms with Crippen LogP contribution in [0, 0.1) is 5.92 Å². The van der Waals surface area contributed by atoms with Gasteiger partial charge >= 0.3 is 0 Å². The van der Waals surface area contributed by atoms with Crippen molar-refractivity contribution >= 4 is 5.91 Å². The molecule has 0 aromatic carbocycles. The van der Waals surface area contributed by atoms with Gasteiger partial charge in [-0.25, -0.2) is 0 Å². The lowest BCUT2D eigenvalue weighted by Crippen LogP contribution is -2.29. The normalized spacial score (nSPS) is 31.3. The maximum atomic E-state index is 10.3. The van der Waals surface area contributed by atoms with Crippen molar-refractivity contribution < 1.29 is 9.90 Å². The molecule has 0 atom stereocenters. The van der Waals surface area contributed by atoms with Gasteiger partial charge in [-0.1, -0.05) is 0 Å². The number of hydrogen-bond donors (Lipinski definition) is 2. The Bertz CT molecular complexity index is 130. The van der Waals surface area contributed by atoms with Crippen molar-refractivity contribution in [1.82, 2.24) is 0 Å². The van der Waals surface area contributed by atoms with E-state index in [0.29, 0.717) is 12.3 Å². The van der Waals surface area contributed by atoms with Gasteiger partial charge in [-0.15, -0.1) is 0 Å². The standard InChI is InChI=1S/C7H13NO2/c8-7(10)2-1-5-3-6(9)4-5/h5-6,9H,1-4H2,(H2,8,10). The fourth-order valence-electron chi connectivity index (χ4n) is 1.28. The van der Waals surface area contributed by atoms with Gasteiger partial charge in [-0.05, 0) is 25.2 Å². The molecule has 10 heavy (non-hydrogen) atoms. The van der Waals surface area contributed by atoms with Gasteiger partial charge in [0.15, 0.2) is 0 Å². The van der Waals surface area contributed by atoms with Gasteiger partial charge in [0.25, 0.3) is 0 Å². The summed E-state index contributed by atoms with van der Waals surface area (Å²) in [5, 5.41) is 8.87. The lowest BCUT2D eigenvalue weighted by Gasteiger charge is -2.30. The first-order valence-corrected chi connectivity index (χ1v) is 3.65. The number of carbonyl (C=O) groups excluding carboxylic acids is 1. The molecule has 3 N–H and O–H groups in total. The molecule has 0 unspecified atom stereocenters. The van der Waals surface area contributed by atoms with Crippen LogP contribution in [-0.2, 0) is 4.79 Å². The highest BCUT2D eigenvalue weighted by atomic mass is 16.3. The smallest absolute Gasteiger partial charge is 0.217 e. The van der Waals surface area contributed by atoms with Crippen molar-refractivity contribution in [2.45, 2.75) is 31.8 Å². The average Bonchev–Trinajstić information content (AvgIpc) is 1.77. The summed E-state index contributed by atoms with van der Waals surface area (Å²) in [7, 11) is 0. The molecule has 1 fully saturated rings. The van der Waals surface area contributed by atoms with Crippen LogP contribution >= 0.6 is 0 Å².